The first kappa shape index (κ1) is 21.2. The second-order valence-electron chi connectivity index (χ2n) is 6.52. The van der Waals surface area contributed by atoms with E-state index in [4.69, 9.17) is 0 Å². The van der Waals surface area contributed by atoms with Crippen LogP contribution in [0.2, 0.25) is 0 Å². The van der Waals surface area contributed by atoms with Crippen molar-refractivity contribution in [2.75, 3.05) is 18.4 Å². The number of nitro benzene ring substituents is 1. The van der Waals surface area contributed by atoms with Crippen LogP contribution in [0.3, 0.4) is 0 Å². The molecule has 1 aliphatic carbocycles. The second kappa shape index (κ2) is 8.89. The van der Waals surface area contributed by atoms with Crippen molar-refractivity contribution in [1.29, 1.82) is 0 Å². The molecule has 0 bridgehead atoms. The van der Waals surface area contributed by atoms with E-state index in [-0.39, 0.29) is 28.7 Å². The van der Waals surface area contributed by atoms with Gasteiger partial charge in [0.25, 0.3) is 11.6 Å². The van der Waals surface area contributed by atoms with Crippen LogP contribution in [0.5, 0.6) is 0 Å². The Hall–Kier alpha value is -2.50. The fraction of sp³-hybridized carbons (Fsp3) is 0.278. The lowest BCUT2D eigenvalue weighted by atomic mass is 10.2. The average molecular weight is 483 g/mol. The summed E-state index contributed by atoms with van der Waals surface area (Å²) >= 11 is 3.28. The molecule has 154 valence electrons. The zero-order chi connectivity index (χ0) is 21.0. The van der Waals surface area contributed by atoms with Gasteiger partial charge in [0.05, 0.1) is 15.4 Å². The van der Waals surface area contributed by atoms with Crippen molar-refractivity contribution < 1.29 is 18.1 Å². The van der Waals surface area contributed by atoms with Gasteiger partial charge in [0.15, 0.2) is 0 Å². The Balaban J connectivity index is 1.56. The Morgan fingerprint density at radius 1 is 1.14 bits per heavy atom. The van der Waals surface area contributed by atoms with Gasteiger partial charge in [-0.05, 0) is 59.1 Å². The van der Waals surface area contributed by atoms with Crippen molar-refractivity contribution in [3.8, 4) is 0 Å². The van der Waals surface area contributed by atoms with E-state index in [1.54, 1.807) is 12.1 Å². The van der Waals surface area contributed by atoms with E-state index in [1.165, 1.54) is 30.3 Å². The number of non-ortho nitro benzene ring substituents is 1. The summed E-state index contributed by atoms with van der Waals surface area (Å²) in [6, 6.07) is 10.2. The van der Waals surface area contributed by atoms with E-state index in [1.807, 2.05) is 0 Å². The molecule has 0 unspecified atom stereocenters. The van der Waals surface area contributed by atoms with Crippen molar-refractivity contribution >= 4 is 43.2 Å². The van der Waals surface area contributed by atoms with Gasteiger partial charge in [0.2, 0.25) is 10.0 Å². The van der Waals surface area contributed by atoms with E-state index in [2.05, 4.69) is 31.3 Å². The molecular weight excluding hydrogens is 464 g/mol. The minimum Gasteiger partial charge on any atom is -0.383 e. The maximum Gasteiger partial charge on any atom is 0.269 e. The molecule has 3 rings (SSSR count). The Kier molecular flexibility index (Phi) is 6.50. The Labute approximate surface area is 176 Å². The predicted octanol–water partition coefficient (Wildman–Crippen LogP) is 2.64. The third-order valence-corrected chi connectivity index (χ3v) is 6.42. The molecule has 0 radical (unpaired) electrons. The van der Waals surface area contributed by atoms with E-state index < -0.39 is 20.9 Å². The highest BCUT2D eigenvalue weighted by atomic mass is 79.9. The molecule has 1 amide bonds. The molecule has 29 heavy (non-hydrogen) atoms. The summed E-state index contributed by atoms with van der Waals surface area (Å²) in [5, 5.41) is 16.4. The van der Waals surface area contributed by atoms with Crippen molar-refractivity contribution in [3.63, 3.8) is 0 Å². The fourth-order valence-electron chi connectivity index (χ4n) is 2.51. The lowest BCUT2D eigenvalue weighted by molar-refractivity contribution is -0.384. The minimum absolute atomic E-state index is 0.000266. The van der Waals surface area contributed by atoms with Crippen molar-refractivity contribution in [2.45, 2.75) is 23.8 Å². The largest absolute Gasteiger partial charge is 0.383 e. The Bertz CT molecular complexity index is 1020. The smallest absolute Gasteiger partial charge is 0.269 e. The maximum atomic E-state index is 12.5. The fourth-order valence-corrected chi connectivity index (χ4v) is 4.27. The molecule has 3 N–H and O–H groups in total. The van der Waals surface area contributed by atoms with E-state index in [0.29, 0.717) is 16.7 Å². The molecular formula is C18H19BrN4O5S. The van der Waals surface area contributed by atoms with Gasteiger partial charge in [-0.1, -0.05) is 0 Å². The molecule has 1 saturated carbocycles. The standard InChI is InChI=1S/C18H19BrN4O5S/c19-17-8-7-15(29(27,28)22-13-1-2-13)11-16(17)18(24)21-10-9-20-12-3-5-14(6-4-12)23(25)26/h3-8,11,13,20,22H,1-2,9-10H2,(H,21,24). The summed E-state index contributed by atoms with van der Waals surface area (Å²) in [4.78, 5) is 22.7. The van der Waals surface area contributed by atoms with Gasteiger partial charge in [0, 0.05) is 41.4 Å². The summed E-state index contributed by atoms with van der Waals surface area (Å²) in [6.07, 6.45) is 1.65. The van der Waals surface area contributed by atoms with Gasteiger partial charge in [-0.3, -0.25) is 14.9 Å². The normalized spacial score (nSPS) is 13.7. The molecule has 0 spiro atoms. The van der Waals surface area contributed by atoms with Crippen LogP contribution in [-0.4, -0.2) is 38.4 Å². The molecule has 1 aliphatic rings. The summed E-state index contributed by atoms with van der Waals surface area (Å²) in [7, 11) is -3.65. The van der Waals surface area contributed by atoms with Crippen LogP contribution in [0.25, 0.3) is 0 Å². The number of carbonyl (C=O) groups excluding carboxylic acids is 1. The molecule has 1 fully saturated rings. The van der Waals surface area contributed by atoms with Crippen molar-refractivity contribution in [1.82, 2.24) is 10.0 Å². The van der Waals surface area contributed by atoms with E-state index in [9.17, 15) is 23.3 Å². The van der Waals surface area contributed by atoms with Crippen LogP contribution in [-0.2, 0) is 10.0 Å². The lowest BCUT2D eigenvalue weighted by Gasteiger charge is -2.11. The van der Waals surface area contributed by atoms with E-state index in [0.717, 1.165) is 12.8 Å². The van der Waals surface area contributed by atoms with Crippen LogP contribution in [0.4, 0.5) is 11.4 Å². The number of anilines is 1. The molecule has 0 saturated heterocycles. The first-order chi connectivity index (χ1) is 13.8. The van der Waals surface area contributed by atoms with E-state index >= 15 is 0 Å². The van der Waals surface area contributed by atoms with Crippen LogP contribution >= 0.6 is 15.9 Å². The number of amides is 1. The molecule has 0 aliphatic heterocycles. The zero-order valence-electron chi connectivity index (χ0n) is 15.2. The van der Waals surface area contributed by atoms with Gasteiger partial charge >= 0.3 is 0 Å². The summed E-state index contributed by atoms with van der Waals surface area (Å²) in [6.45, 7) is 0.669. The van der Waals surface area contributed by atoms with Crippen LogP contribution in [0.1, 0.15) is 23.2 Å². The molecule has 0 heterocycles. The maximum absolute atomic E-state index is 12.5. The molecule has 0 aromatic heterocycles. The quantitative estimate of drug-likeness (QED) is 0.286. The van der Waals surface area contributed by atoms with Crippen LogP contribution < -0.4 is 15.4 Å². The third kappa shape index (κ3) is 5.75. The number of rotatable bonds is 9. The predicted molar refractivity (Wildman–Crippen MR) is 111 cm³/mol. The number of hydrogen-bond acceptors (Lipinski definition) is 6. The average Bonchev–Trinajstić information content (AvgIpc) is 3.49. The van der Waals surface area contributed by atoms with Crippen LogP contribution in [0, 0.1) is 10.1 Å². The third-order valence-electron chi connectivity index (χ3n) is 4.21. The SMILES string of the molecule is O=C(NCCNc1ccc([N+](=O)[O-])cc1)c1cc(S(=O)(=O)NC2CC2)ccc1Br. The van der Waals surface area contributed by atoms with Crippen molar-refractivity contribution in [2.24, 2.45) is 0 Å². The van der Waals surface area contributed by atoms with Gasteiger partial charge < -0.3 is 10.6 Å². The Morgan fingerprint density at radius 3 is 2.45 bits per heavy atom. The highest BCUT2D eigenvalue weighted by Crippen LogP contribution is 2.25. The van der Waals surface area contributed by atoms with Crippen molar-refractivity contribution in [3.05, 3.63) is 62.6 Å². The molecule has 11 heteroatoms. The number of nitrogens with one attached hydrogen (secondary N) is 3. The van der Waals surface area contributed by atoms with Gasteiger partial charge in [-0.2, -0.15) is 0 Å². The highest BCUT2D eigenvalue weighted by molar-refractivity contribution is 9.10. The topological polar surface area (TPSA) is 130 Å². The second-order valence-corrected chi connectivity index (χ2v) is 9.09. The number of nitrogens with zero attached hydrogens (tertiary/aromatic N) is 1. The summed E-state index contributed by atoms with van der Waals surface area (Å²) in [5.41, 5.74) is 0.906. The highest BCUT2D eigenvalue weighted by Gasteiger charge is 2.28. The Morgan fingerprint density at radius 2 is 1.83 bits per heavy atom. The summed E-state index contributed by atoms with van der Waals surface area (Å²) in [5.74, 6) is -0.411. The van der Waals surface area contributed by atoms with Gasteiger partial charge in [0.1, 0.15) is 0 Å². The summed E-state index contributed by atoms with van der Waals surface area (Å²) < 4.78 is 27.8. The van der Waals surface area contributed by atoms with Gasteiger partial charge in [-0.15, -0.1) is 0 Å². The monoisotopic (exact) mass is 482 g/mol. The number of nitro groups is 1. The number of sulfonamides is 1. The molecule has 0 atom stereocenters. The number of carbonyl (C=O) groups is 1. The first-order valence-corrected chi connectivity index (χ1v) is 11.1. The number of halogens is 1. The first-order valence-electron chi connectivity index (χ1n) is 8.85. The molecule has 2 aromatic rings. The lowest BCUT2D eigenvalue weighted by Crippen LogP contribution is -2.30. The molecule has 2 aromatic carbocycles. The van der Waals surface area contributed by atoms with Crippen LogP contribution in [0.15, 0.2) is 51.8 Å². The molecule has 9 nitrogen and oxygen atoms in total. The van der Waals surface area contributed by atoms with Gasteiger partial charge in [-0.25, -0.2) is 13.1 Å². The number of hydrogen-bond donors (Lipinski definition) is 3. The zero-order valence-corrected chi connectivity index (χ0v) is 17.6. The minimum atomic E-state index is -3.65. The number of benzene rings is 2.